The molecule has 0 spiro atoms. The summed E-state index contributed by atoms with van der Waals surface area (Å²) in [5.74, 6) is 1.08. The molecule has 27 heavy (non-hydrogen) atoms. The number of halogens is 1. The van der Waals surface area contributed by atoms with Crippen molar-refractivity contribution in [1.29, 1.82) is 0 Å². The lowest BCUT2D eigenvalue weighted by atomic mass is 10.0. The van der Waals surface area contributed by atoms with Crippen LogP contribution in [0.25, 0.3) is 27.8 Å². The van der Waals surface area contributed by atoms with E-state index in [-0.39, 0.29) is 5.16 Å². The van der Waals surface area contributed by atoms with Gasteiger partial charge in [-0.1, -0.05) is 11.6 Å². The Morgan fingerprint density at radius 2 is 1.93 bits per heavy atom. The summed E-state index contributed by atoms with van der Waals surface area (Å²) in [6, 6.07) is 5.37. The topological polar surface area (TPSA) is 91.5 Å². The van der Waals surface area contributed by atoms with Gasteiger partial charge in [-0.3, -0.25) is 8.61 Å². The van der Waals surface area contributed by atoms with E-state index < -0.39 is 10.8 Å². The molecule has 3 heterocycles. The van der Waals surface area contributed by atoms with E-state index in [0.717, 1.165) is 10.9 Å². The summed E-state index contributed by atoms with van der Waals surface area (Å²) < 4.78 is 24.2. The molecule has 0 amide bonds. The van der Waals surface area contributed by atoms with Crippen LogP contribution >= 0.6 is 11.6 Å². The van der Waals surface area contributed by atoms with E-state index in [1.54, 1.807) is 36.2 Å². The summed E-state index contributed by atoms with van der Waals surface area (Å²) in [6.45, 7) is 0. The molecule has 3 aromatic heterocycles. The quantitative estimate of drug-likeness (QED) is 0.484. The minimum absolute atomic E-state index is 0.242. The maximum atomic E-state index is 11.7. The largest absolute Gasteiger partial charge is 0.497 e. The van der Waals surface area contributed by atoms with Gasteiger partial charge in [0.2, 0.25) is 5.16 Å². The maximum Gasteiger partial charge on any atom is 0.220 e. The van der Waals surface area contributed by atoms with Gasteiger partial charge in [-0.25, -0.2) is 9.97 Å². The third-order valence-corrected chi connectivity index (χ3v) is 5.21. The monoisotopic (exact) mass is 403 g/mol. The van der Waals surface area contributed by atoms with Gasteiger partial charge in [-0.2, -0.15) is 0 Å². The summed E-state index contributed by atoms with van der Waals surface area (Å²) in [4.78, 5) is 8.56. The predicted molar refractivity (Wildman–Crippen MR) is 102 cm³/mol. The summed E-state index contributed by atoms with van der Waals surface area (Å²) in [5, 5.41) is 9.60. The molecule has 0 saturated heterocycles. The predicted octanol–water partition coefficient (Wildman–Crippen LogP) is 2.75. The lowest BCUT2D eigenvalue weighted by Gasteiger charge is -2.13. The smallest absolute Gasteiger partial charge is 0.220 e. The van der Waals surface area contributed by atoms with E-state index in [0.29, 0.717) is 33.4 Å². The van der Waals surface area contributed by atoms with Crippen LogP contribution in [0.4, 0.5) is 0 Å². The number of nitrogens with zero attached hydrogens (tertiary/aromatic N) is 5. The van der Waals surface area contributed by atoms with Crippen LogP contribution in [0.15, 0.2) is 35.9 Å². The van der Waals surface area contributed by atoms with E-state index in [4.69, 9.17) is 21.1 Å². The second-order valence-corrected chi connectivity index (χ2v) is 7.31. The zero-order valence-electron chi connectivity index (χ0n) is 14.6. The average Bonchev–Trinajstić information content (AvgIpc) is 3.17. The first-order chi connectivity index (χ1) is 13.0. The van der Waals surface area contributed by atoms with Crippen LogP contribution in [0, 0.1) is 0 Å². The lowest BCUT2D eigenvalue weighted by molar-refractivity contribution is 0.395. The number of ether oxygens (including phenoxy) is 2. The fourth-order valence-electron chi connectivity index (χ4n) is 2.83. The lowest BCUT2D eigenvalue weighted by Crippen LogP contribution is -2.01. The summed E-state index contributed by atoms with van der Waals surface area (Å²) in [5.41, 5.74) is 2.50. The molecule has 0 N–H and O–H groups in total. The molecule has 10 heteroatoms. The van der Waals surface area contributed by atoms with Crippen molar-refractivity contribution in [3.05, 3.63) is 35.7 Å². The third-order valence-electron chi connectivity index (χ3n) is 4.11. The second kappa shape index (κ2) is 6.75. The zero-order chi connectivity index (χ0) is 19.1. The molecule has 0 radical (unpaired) electrons. The van der Waals surface area contributed by atoms with Crippen molar-refractivity contribution in [2.75, 3.05) is 20.5 Å². The first-order valence-electron chi connectivity index (χ1n) is 7.78. The van der Waals surface area contributed by atoms with E-state index in [1.165, 1.54) is 13.4 Å². The Labute approximate surface area is 161 Å². The summed E-state index contributed by atoms with van der Waals surface area (Å²) in [6.07, 6.45) is 4.69. The zero-order valence-corrected chi connectivity index (χ0v) is 16.2. The van der Waals surface area contributed by atoms with Gasteiger partial charge in [0.15, 0.2) is 11.3 Å². The molecule has 4 rings (SSSR count). The molecule has 0 saturated carbocycles. The van der Waals surface area contributed by atoms with E-state index in [2.05, 4.69) is 20.2 Å². The number of aromatic nitrogens is 5. The number of fused-ring (bicyclic) bond motifs is 3. The average molecular weight is 404 g/mol. The Balaban J connectivity index is 2.07. The van der Waals surface area contributed by atoms with Crippen LogP contribution in [0.1, 0.15) is 0 Å². The van der Waals surface area contributed by atoms with E-state index in [1.807, 2.05) is 6.07 Å². The Hall–Kier alpha value is -2.78. The van der Waals surface area contributed by atoms with Crippen molar-refractivity contribution < 1.29 is 13.7 Å². The SMILES string of the molecule is COc1cc(OC)c(Cl)c(-c2cc3cnc(S(C)=O)nc3n3cnnc23)c1. The van der Waals surface area contributed by atoms with Crippen molar-refractivity contribution in [3.8, 4) is 22.6 Å². The number of hydrogen-bond donors (Lipinski definition) is 0. The third kappa shape index (κ3) is 2.88. The molecule has 8 nitrogen and oxygen atoms in total. The highest BCUT2D eigenvalue weighted by Crippen LogP contribution is 2.41. The van der Waals surface area contributed by atoms with Gasteiger partial charge >= 0.3 is 0 Å². The van der Waals surface area contributed by atoms with Crippen LogP contribution in [-0.2, 0) is 10.8 Å². The molecule has 1 atom stereocenters. The van der Waals surface area contributed by atoms with Crippen LogP contribution in [0.3, 0.4) is 0 Å². The van der Waals surface area contributed by atoms with Crippen molar-refractivity contribution in [1.82, 2.24) is 24.6 Å². The van der Waals surface area contributed by atoms with Crippen LogP contribution in [-0.4, -0.2) is 49.3 Å². The molecule has 0 bridgehead atoms. The molecule has 1 aromatic carbocycles. The first kappa shape index (κ1) is 17.6. The highest BCUT2D eigenvalue weighted by molar-refractivity contribution is 7.84. The van der Waals surface area contributed by atoms with Crippen LogP contribution < -0.4 is 9.47 Å². The number of hydrogen-bond acceptors (Lipinski definition) is 7. The first-order valence-corrected chi connectivity index (χ1v) is 9.72. The Morgan fingerprint density at radius 3 is 2.63 bits per heavy atom. The number of pyridine rings is 1. The highest BCUT2D eigenvalue weighted by atomic mass is 35.5. The van der Waals surface area contributed by atoms with Crippen molar-refractivity contribution in [2.45, 2.75) is 5.16 Å². The van der Waals surface area contributed by atoms with Gasteiger partial charge in [-0.05, 0) is 12.1 Å². The van der Waals surface area contributed by atoms with Gasteiger partial charge in [0.05, 0.1) is 30.0 Å². The molecular formula is C17H14ClN5O3S. The van der Waals surface area contributed by atoms with Crippen molar-refractivity contribution in [3.63, 3.8) is 0 Å². The normalized spacial score (nSPS) is 12.4. The Kier molecular flexibility index (Phi) is 4.40. The summed E-state index contributed by atoms with van der Waals surface area (Å²) in [7, 11) is 1.81. The molecule has 138 valence electrons. The van der Waals surface area contributed by atoms with Crippen LogP contribution in [0.2, 0.25) is 5.02 Å². The van der Waals surface area contributed by atoms with Gasteiger partial charge in [0, 0.05) is 35.0 Å². The van der Waals surface area contributed by atoms with Gasteiger partial charge in [0.1, 0.15) is 17.8 Å². The number of methoxy groups -OCH3 is 2. The molecule has 1 unspecified atom stereocenters. The van der Waals surface area contributed by atoms with Gasteiger partial charge in [0.25, 0.3) is 0 Å². The van der Waals surface area contributed by atoms with Crippen molar-refractivity contribution in [2.24, 2.45) is 0 Å². The summed E-state index contributed by atoms with van der Waals surface area (Å²) >= 11 is 6.55. The van der Waals surface area contributed by atoms with Gasteiger partial charge < -0.3 is 9.47 Å². The Morgan fingerprint density at radius 1 is 1.11 bits per heavy atom. The second-order valence-electron chi connectivity index (χ2n) is 5.66. The molecule has 0 aliphatic heterocycles. The Bertz CT molecular complexity index is 1210. The molecule has 0 aliphatic rings. The molecule has 0 aliphatic carbocycles. The minimum atomic E-state index is -1.30. The fraction of sp³-hybridized carbons (Fsp3) is 0.176. The highest BCUT2D eigenvalue weighted by Gasteiger charge is 2.18. The standard InChI is InChI=1S/C17H14ClN5O3S/c1-25-10-5-11(14(18)13(6-10)26-2)12-4-9-7-19-17(27(3)24)21-15(9)23-8-20-22-16(12)23/h4-8H,1-3H3. The van der Waals surface area contributed by atoms with E-state index >= 15 is 0 Å². The maximum absolute atomic E-state index is 11.7. The fourth-order valence-corrected chi connectivity index (χ4v) is 3.53. The van der Waals surface area contributed by atoms with Gasteiger partial charge in [-0.15, -0.1) is 10.2 Å². The number of benzene rings is 1. The van der Waals surface area contributed by atoms with E-state index in [9.17, 15) is 4.21 Å². The molecular weight excluding hydrogens is 390 g/mol. The van der Waals surface area contributed by atoms with Crippen molar-refractivity contribution >= 4 is 39.1 Å². The van der Waals surface area contributed by atoms with Crippen LogP contribution in [0.5, 0.6) is 11.5 Å². The molecule has 4 aromatic rings. The minimum Gasteiger partial charge on any atom is -0.497 e. The molecule has 0 fully saturated rings. The number of rotatable bonds is 4.